The second kappa shape index (κ2) is 6.77. The molecule has 6 rings (SSSR count). The van der Waals surface area contributed by atoms with Gasteiger partial charge in [0.2, 0.25) is 0 Å². The van der Waals surface area contributed by atoms with E-state index in [2.05, 4.69) is 77.9 Å². The van der Waals surface area contributed by atoms with Crippen LogP contribution >= 0.6 is 0 Å². The summed E-state index contributed by atoms with van der Waals surface area (Å²) in [6, 6.07) is 15.3. The molecule has 0 atom stereocenters. The van der Waals surface area contributed by atoms with Gasteiger partial charge in [-0.1, -0.05) is 45.9 Å². The molecule has 1 aliphatic carbocycles. The van der Waals surface area contributed by atoms with Gasteiger partial charge in [-0.2, -0.15) is 0 Å². The predicted octanol–water partition coefficient (Wildman–Crippen LogP) is 8.09. The second-order valence-electron chi connectivity index (χ2n) is 10.2. The first kappa shape index (κ1) is 20.2. The summed E-state index contributed by atoms with van der Waals surface area (Å²) in [6.07, 6.45) is 3.91. The van der Waals surface area contributed by atoms with Crippen molar-refractivity contribution in [2.45, 2.75) is 52.9 Å². The Morgan fingerprint density at radius 2 is 1.70 bits per heavy atom. The van der Waals surface area contributed by atoms with Gasteiger partial charge in [0.1, 0.15) is 11.2 Å². The summed E-state index contributed by atoms with van der Waals surface area (Å²) in [5, 5.41) is 2.28. The van der Waals surface area contributed by atoms with Gasteiger partial charge in [0.05, 0.1) is 11.4 Å². The maximum Gasteiger partial charge on any atom is 0.145 e. The van der Waals surface area contributed by atoms with E-state index in [1.54, 1.807) is 0 Å². The molecule has 3 nitrogen and oxygen atoms in total. The number of hydrogen-bond acceptors (Lipinski definition) is 3. The lowest BCUT2D eigenvalue weighted by molar-refractivity contribution is 0.631. The van der Waals surface area contributed by atoms with Crippen LogP contribution in [0.5, 0.6) is 0 Å². The summed E-state index contributed by atoms with van der Waals surface area (Å²) in [6.45, 7) is 13.2. The molecular weight excluding hydrogens is 404 g/mol. The minimum absolute atomic E-state index is 0.150. The second-order valence-corrected chi connectivity index (χ2v) is 10.2. The number of fused-ring (bicyclic) bond motifs is 6. The van der Waals surface area contributed by atoms with E-state index in [0.717, 1.165) is 38.9 Å². The van der Waals surface area contributed by atoms with E-state index in [1.165, 1.54) is 33.4 Å². The number of hydrogen-bond donors (Lipinski definition) is 0. The number of benzene rings is 2. The molecule has 0 amide bonds. The Hall–Kier alpha value is -3.46. The fourth-order valence-corrected chi connectivity index (χ4v) is 5.60. The van der Waals surface area contributed by atoms with Gasteiger partial charge in [0.15, 0.2) is 0 Å². The van der Waals surface area contributed by atoms with Crippen molar-refractivity contribution in [2.24, 2.45) is 0 Å². The van der Waals surface area contributed by atoms with Crippen LogP contribution in [-0.2, 0) is 5.41 Å². The Morgan fingerprint density at radius 3 is 2.45 bits per heavy atom. The molecule has 0 saturated heterocycles. The Kier molecular flexibility index (Phi) is 4.14. The molecule has 0 bridgehead atoms. The summed E-state index contributed by atoms with van der Waals surface area (Å²) in [5.74, 6) is 0.456. The third kappa shape index (κ3) is 2.75. The largest absolute Gasteiger partial charge is 0.455 e. The van der Waals surface area contributed by atoms with Crippen molar-refractivity contribution in [1.82, 2.24) is 9.97 Å². The SMILES string of the molecule is Cc1cc(-c2c(C)ccc3c2oc2cc4c(cc23)-c2cccnc2C4(C)C)ncc1C(C)C. The number of furan rings is 1. The summed E-state index contributed by atoms with van der Waals surface area (Å²) in [4.78, 5) is 9.58. The maximum absolute atomic E-state index is 6.59. The Morgan fingerprint density at radius 1 is 0.879 bits per heavy atom. The molecule has 0 unspecified atom stereocenters. The van der Waals surface area contributed by atoms with E-state index in [1.807, 2.05) is 18.5 Å². The van der Waals surface area contributed by atoms with Crippen LogP contribution in [0.1, 0.15) is 61.6 Å². The highest BCUT2D eigenvalue weighted by Gasteiger charge is 2.37. The van der Waals surface area contributed by atoms with Gasteiger partial charge in [0, 0.05) is 39.7 Å². The van der Waals surface area contributed by atoms with Gasteiger partial charge >= 0.3 is 0 Å². The van der Waals surface area contributed by atoms with Crippen molar-refractivity contribution in [1.29, 1.82) is 0 Å². The fraction of sp³-hybridized carbons (Fsp3) is 0.267. The highest BCUT2D eigenvalue weighted by molar-refractivity contribution is 6.11. The van der Waals surface area contributed by atoms with Gasteiger partial charge in [-0.05, 0) is 71.8 Å². The first-order valence-electron chi connectivity index (χ1n) is 11.7. The van der Waals surface area contributed by atoms with Crippen LogP contribution in [0.4, 0.5) is 0 Å². The lowest BCUT2D eigenvalue weighted by Crippen LogP contribution is -2.16. The fourth-order valence-electron chi connectivity index (χ4n) is 5.60. The van der Waals surface area contributed by atoms with Gasteiger partial charge in [-0.25, -0.2) is 0 Å². The number of aromatic nitrogens is 2. The Balaban J connectivity index is 1.63. The molecule has 5 aromatic rings. The summed E-state index contributed by atoms with van der Waals surface area (Å²) in [7, 11) is 0. The normalized spacial score (nSPS) is 14.3. The molecule has 3 heteroatoms. The average Bonchev–Trinajstić information content (AvgIpc) is 3.25. The highest BCUT2D eigenvalue weighted by Crippen LogP contribution is 2.50. The number of aryl methyl sites for hydroxylation is 2. The van der Waals surface area contributed by atoms with Gasteiger partial charge in [-0.3, -0.25) is 9.97 Å². The number of nitrogens with zero attached hydrogens (tertiary/aromatic N) is 2. The lowest BCUT2D eigenvalue weighted by atomic mass is 9.85. The standard InChI is InChI=1S/C30H28N2O/c1-16(2)23-15-32-25(12-18(23)4)27-17(3)9-10-19-22-13-21-20-8-7-11-31-29(20)30(5,6)24(21)14-26(22)33-28(19)27/h7-16H,1-6H3. The third-order valence-corrected chi connectivity index (χ3v) is 7.38. The van der Waals surface area contributed by atoms with Crippen LogP contribution < -0.4 is 0 Å². The molecule has 3 heterocycles. The van der Waals surface area contributed by atoms with Crippen LogP contribution in [0.15, 0.2) is 59.3 Å². The minimum Gasteiger partial charge on any atom is -0.455 e. The van der Waals surface area contributed by atoms with Gasteiger partial charge < -0.3 is 4.42 Å². The van der Waals surface area contributed by atoms with E-state index in [9.17, 15) is 0 Å². The van der Waals surface area contributed by atoms with E-state index in [-0.39, 0.29) is 5.41 Å². The molecule has 0 radical (unpaired) electrons. The molecular formula is C30H28N2O. The van der Waals surface area contributed by atoms with E-state index >= 15 is 0 Å². The molecule has 0 saturated carbocycles. The molecule has 33 heavy (non-hydrogen) atoms. The predicted molar refractivity (Wildman–Crippen MR) is 136 cm³/mol. The van der Waals surface area contributed by atoms with Crippen LogP contribution in [0.25, 0.3) is 44.3 Å². The maximum atomic E-state index is 6.59. The summed E-state index contributed by atoms with van der Waals surface area (Å²) < 4.78 is 6.59. The zero-order valence-electron chi connectivity index (χ0n) is 20.1. The number of pyridine rings is 2. The van der Waals surface area contributed by atoms with E-state index in [4.69, 9.17) is 14.4 Å². The third-order valence-electron chi connectivity index (χ3n) is 7.38. The molecule has 1 aliphatic rings. The van der Waals surface area contributed by atoms with Crippen molar-refractivity contribution < 1.29 is 4.42 Å². The summed E-state index contributed by atoms with van der Waals surface area (Å²) >= 11 is 0. The zero-order valence-corrected chi connectivity index (χ0v) is 20.1. The van der Waals surface area contributed by atoms with Crippen LogP contribution in [0, 0.1) is 13.8 Å². The molecule has 0 aliphatic heterocycles. The van der Waals surface area contributed by atoms with E-state index < -0.39 is 0 Å². The highest BCUT2D eigenvalue weighted by atomic mass is 16.3. The van der Waals surface area contributed by atoms with Crippen molar-refractivity contribution in [3.8, 4) is 22.4 Å². The number of rotatable bonds is 2. The van der Waals surface area contributed by atoms with Crippen molar-refractivity contribution >= 4 is 21.9 Å². The van der Waals surface area contributed by atoms with Gasteiger partial charge in [-0.15, -0.1) is 0 Å². The molecule has 0 fully saturated rings. The Bertz CT molecular complexity index is 1590. The first-order chi connectivity index (χ1) is 15.8. The minimum atomic E-state index is -0.150. The molecule has 2 aromatic carbocycles. The zero-order chi connectivity index (χ0) is 23.1. The van der Waals surface area contributed by atoms with E-state index in [0.29, 0.717) is 5.92 Å². The average molecular weight is 433 g/mol. The van der Waals surface area contributed by atoms with Crippen LogP contribution in [-0.4, -0.2) is 9.97 Å². The summed E-state index contributed by atoms with van der Waals surface area (Å²) in [5.41, 5.74) is 12.4. The molecule has 3 aromatic heterocycles. The quantitative estimate of drug-likeness (QED) is 0.283. The molecule has 0 spiro atoms. The van der Waals surface area contributed by atoms with Crippen LogP contribution in [0.3, 0.4) is 0 Å². The smallest absolute Gasteiger partial charge is 0.145 e. The first-order valence-corrected chi connectivity index (χ1v) is 11.7. The van der Waals surface area contributed by atoms with Crippen molar-refractivity contribution in [3.05, 3.63) is 82.8 Å². The van der Waals surface area contributed by atoms with Crippen molar-refractivity contribution in [2.75, 3.05) is 0 Å². The lowest BCUT2D eigenvalue weighted by Gasteiger charge is -2.19. The molecule has 164 valence electrons. The molecule has 0 N–H and O–H groups in total. The topological polar surface area (TPSA) is 38.9 Å². The Labute approximate surface area is 194 Å². The van der Waals surface area contributed by atoms with Crippen LogP contribution in [0.2, 0.25) is 0 Å². The van der Waals surface area contributed by atoms with Gasteiger partial charge in [0.25, 0.3) is 0 Å². The van der Waals surface area contributed by atoms with Crippen molar-refractivity contribution in [3.63, 3.8) is 0 Å². The monoisotopic (exact) mass is 432 g/mol.